The van der Waals surface area contributed by atoms with Crippen LogP contribution in [0.4, 0.5) is 0 Å². The van der Waals surface area contributed by atoms with Crippen LogP contribution in [0.1, 0.15) is 17.7 Å². The van der Waals surface area contributed by atoms with E-state index in [1.54, 1.807) is 0 Å². The Morgan fingerprint density at radius 1 is 1.58 bits per heavy atom. The number of carbonyl (C=O) groups excluding carboxylic acids is 1. The molecule has 2 atom stereocenters. The zero-order chi connectivity index (χ0) is 13.7. The van der Waals surface area contributed by atoms with Crippen molar-refractivity contribution in [3.05, 3.63) is 22.4 Å². The largest absolute Gasteiger partial charge is 0.480 e. The van der Waals surface area contributed by atoms with Crippen LogP contribution >= 0.6 is 11.3 Å². The molecule has 6 heteroatoms. The number of ether oxygens (including phenoxy) is 1. The average Bonchev–Trinajstić information content (AvgIpc) is 2.89. The van der Waals surface area contributed by atoms with Crippen molar-refractivity contribution in [1.82, 2.24) is 5.32 Å². The first kappa shape index (κ1) is 14.0. The van der Waals surface area contributed by atoms with Gasteiger partial charge in [-0.15, -0.1) is 11.3 Å². The standard InChI is InChI=1S/C13H17NO4S/c15-11(7-10-4-2-6-19-10)14-12(13(16)17)9-3-1-5-18-8-9/h2,4,6,9,12H,1,3,5,7-8H2,(H,14,15)(H,16,17). The van der Waals surface area contributed by atoms with Crippen molar-refractivity contribution in [2.75, 3.05) is 13.2 Å². The second kappa shape index (κ2) is 6.68. The van der Waals surface area contributed by atoms with Crippen LogP contribution in [0.3, 0.4) is 0 Å². The Labute approximate surface area is 115 Å². The molecule has 1 fully saturated rings. The summed E-state index contributed by atoms with van der Waals surface area (Å²) in [7, 11) is 0. The summed E-state index contributed by atoms with van der Waals surface area (Å²) in [6.07, 6.45) is 1.85. The number of thiophene rings is 1. The molecule has 0 radical (unpaired) electrons. The van der Waals surface area contributed by atoms with Gasteiger partial charge < -0.3 is 15.2 Å². The molecular weight excluding hydrogens is 266 g/mol. The highest BCUT2D eigenvalue weighted by Gasteiger charge is 2.31. The van der Waals surface area contributed by atoms with Gasteiger partial charge in [-0.25, -0.2) is 4.79 Å². The number of hydrogen-bond donors (Lipinski definition) is 2. The number of nitrogens with one attached hydrogen (secondary N) is 1. The topological polar surface area (TPSA) is 75.6 Å². The lowest BCUT2D eigenvalue weighted by molar-refractivity contribution is -0.145. The van der Waals surface area contributed by atoms with Crippen molar-refractivity contribution in [1.29, 1.82) is 0 Å². The summed E-state index contributed by atoms with van der Waals surface area (Å²) in [5.74, 6) is -1.38. The van der Waals surface area contributed by atoms with Crippen molar-refractivity contribution in [3.8, 4) is 0 Å². The van der Waals surface area contributed by atoms with E-state index in [-0.39, 0.29) is 18.2 Å². The summed E-state index contributed by atoms with van der Waals surface area (Å²) in [6, 6.07) is 2.88. The predicted molar refractivity (Wildman–Crippen MR) is 71.1 cm³/mol. The van der Waals surface area contributed by atoms with Gasteiger partial charge >= 0.3 is 5.97 Å². The van der Waals surface area contributed by atoms with Crippen LogP contribution in [0.25, 0.3) is 0 Å². The number of rotatable bonds is 5. The summed E-state index contributed by atoms with van der Waals surface area (Å²) in [6.45, 7) is 1.07. The fourth-order valence-electron chi connectivity index (χ4n) is 2.21. The van der Waals surface area contributed by atoms with E-state index in [1.165, 1.54) is 11.3 Å². The molecule has 2 rings (SSSR count). The van der Waals surface area contributed by atoms with Crippen LogP contribution in [0.5, 0.6) is 0 Å². The first-order valence-corrected chi connectivity index (χ1v) is 7.17. The van der Waals surface area contributed by atoms with E-state index in [0.29, 0.717) is 13.2 Å². The van der Waals surface area contributed by atoms with Crippen molar-refractivity contribution in [2.45, 2.75) is 25.3 Å². The Morgan fingerprint density at radius 3 is 3.00 bits per heavy atom. The maximum atomic E-state index is 11.9. The van der Waals surface area contributed by atoms with E-state index in [9.17, 15) is 14.7 Å². The molecule has 0 aromatic carbocycles. The van der Waals surface area contributed by atoms with E-state index in [4.69, 9.17) is 4.74 Å². The number of carboxylic acid groups (broad SMARTS) is 1. The quantitative estimate of drug-likeness (QED) is 0.853. The second-order valence-electron chi connectivity index (χ2n) is 4.62. The third-order valence-corrected chi connectivity index (χ3v) is 4.04. The molecule has 0 saturated carbocycles. The van der Waals surface area contributed by atoms with E-state index in [2.05, 4.69) is 5.32 Å². The van der Waals surface area contributed by atoms with Gasteiger partial charge in [0.2, 0.25) is 5.91 Å². The third kappa shape index (κ3) is 4.04. The van der Waals surface area contributed by atoms with Gasteiger partial charge in [-0.05, 0) is 24.3 Å². The molecule has 5 nitrogen and oxygen atoms in total. The first-order chi connectivity index (χ1) is 9.16. The molecule has 2 unspecified atom stereocenters. The van der Waals surface area contributed by atoms with Gasteiger partial charge in [-0.1, -0.05) is 6.07 Å². The Kier molecular flexibility index (Phi) is 4.93. The molecule has 1 aromatic rings. The normalized spacial score (nSPS) is 20.7. The molecule has 2 N–H and O–H groups in total. The second-order valence-corrected chi connectivity index (χ2v) is 5.65. The Hall–Kier alpha value is -1.40. The van der Waals surface area contributed by atoms with Gasteiger partial charge in [0.1, 0.15) is 6.04 Å². The van der Waals surface area contributed by atoms with E-state index in [0.717, 1.165) is 17.7 Å². The van der Waals surface area contributed by atoms with Crippen molar-refractivity contribution < 1.29 is 19.4 Å². The smallest absolute Gasteiger partial charge is 0.326 e. The van der Waals surface area contributed by atoms with Crippen LogP contribution in [-0.4, -0.2) is 36.2 Å². The Morgan fingerprint density at radius 2 is 2.42 bits per heavy atom. The van der Waals surface area contributed by atoms with Gasteiger partial charge in [0.25, 0.3) is 0 Å². The minimum absolute atomic E-state index is 0.140. The Bertz CT molecular complexity index is 426. The van der Waals surface area contributed by atoms with Crippen molar-refractivity contribution in [2.24, 2.45) is 5.92 Å². The fraction of sp³-hybridized carbons (Fsp3) is 0.538. The minimum atomic E-state index is -0.991. The first-order valence-electron chi connectivity index (χ1n) is 6.29. The lowest BCUT2D eigenvalue weighted by atomic mass is 9.93. The molecule has 0 aliphatic carbocycles. The SMILES string of the molecule is O=C(Cc1cccs1)NC(C(=O)O)C1CCCOC1. The van der Waals surface area contributed by atoms with Gasteiger partial charge in [0.05, 0.1) is 13.0 Å². The molecule has 1 saturated heterocycles. The Balaban J connectivity index is 1.92. The van der Waals surface area contributed by atoms with Crippen LogP contribution in [0, 0.1) is 5.92 Å². The molecule has 104 valence electrons. The zero-order valence-electron chi connectivity index (χ0n) is 10.5. The van der Waals surface area contributed by atoms with Gasteiger partial charge in [0.15, 0.2) is 0 Å². The van der Waals surface area contributed by atoms with Crippen molar-refractivity contribution >= 4 is 23.2 Å². The number of aliphatic carboxylic acids is 1. The number of hydrogen-bond acceptors (Lipinski definition) is 4. The molecule has 0 spiro atoms. The molecule has 1 amide bonds. The average molecular weight is 283 g/mol. The maximum Gasteiger partial charge on any atom is 0.326 e. The highest BCUT2D eigenvalue weighted by molar-refractivity contribution is 7.10. The van der Waals surface area contributed by atoms with Crippen LogP contribution in [0.2, 0.25) is 0 Å². The minimum Gasteiger partial charge on any atom is -0.480 e. The summed E-state index contributed by atoms with van der Waals surface area (Å²) >= 11 is 1.49. The molecule has 1 aliphatic rings. The van der Waals surface area contributed by atoms with Crippen LogP contribution in [-0.2, 0) is 20.7 Å². The molecule has 1 aliphatic heterocycles. The van der Waals surface area contributed by atoms with Crippen LogP contribution in [0.15, 0.2) is 17.5 Å². The molecule has 0 bridgehead atoms. The lowest BCUT2D eigenvalue weighted by Gasteiger charge is -2.28. The number of carboxylic acids is 1. The number of carbonyl (C=O) groups is 2. The predicted octanol–water partition coefficient (Wildman–Crippen LogP) is 1.29. The maximum absolute atomic E-state index is 11.9. The summed E-state index contributed by atoms with van der Waals surface area (Å²) in [4.78, 5) is 24.1. The van der Waals surface area contributed by atoms with Crippen molar-refractivity contribution in [3.63, 3.8) is 0 Å². The molecule has 19 heavy (non-hydrogen) atoms. The highest BCUT2D eigenvalue weighted by Crippen LogP contribution is 2.18. The summed E-state index contributed by atoms with van der Waals surface area (Å²) in [5, 5.41) is 13.7. The summed E-state index contributed by atoms with van der Waals surface area (Å²) < 4.78 is 5.29. The van der Waals surface area contributed by atoms with Crippen LogP contribution < -0.4 is 5.32 Å². The van der Waals surface area contributed by atoms with E-state index in [1.807, 2.05) is 17.5 Å². The number of amides is 1. The van der Waals surface area contributed by atoms with Gasteiger partial charge in [-0.3, -0.25) is 4.79 Å². The zero-order valence-corrected chi connectivity index (χ0v) is 11.3. The van der Waals surface area contributed by atoms with Gasteiger partial charge in [-0.2, -0.15) is 0 Å². The van der Waals surface area contributed by atoms with Gasteiger partial charge in [0, 0.05) is 17.4 Å². The monoisotopic (exact) mass is 283 g/mol. The fourth-order valence-corrected chi connectivity index (χ4v) is 2.91. The van der Waals surface area contributed by atoms with E-state index < -0.39 is 12.0 Å². The van der Waals surface area contributed by atoms with E-state index >= 15 is 0 Å². The summed E-state index contributed by atoms with van der Waals surface area (Å²) in [5.41, 5.74) is 0. The highest BCUT2D eigenvalue weighted by atomic mass is 32.1. The molecule has 1 aromatic heterocycles. The molecule has 2 heterocycles. The third-order valence-electron chi connectivity index (χ3n) is 3.16. The molecular formula is C13H17NO4S. The lowest BCUT2D eigenvalue weighted by Crippen LogP contribution is -2.48.